The lowest BCUT2D eigenvalue weighted by atomic mass is 10.1. The van der Waals surface area contributed by atoms with Gasteiger partial charge in [0.25, 0.3) is 0 Å². The van der Waals surface area contributed by atoms with Crippen molar-refractivity contribution < 1.29 is 4.79 Å². The number of hydrogen-bond acceptors (Lipinski definition) is 4. The van der Waals surface area contributed by atoms with E-state index in [2.05, 4.69) is 29.4 Å². The zero-order valence-corrected chi connectivity index (χ0v) is 14.9. The average molecular weight is 343 g/mol. The van der Waals surface area contributed by atoms with Crippen LogP contribution in [0.15, 0.2) is 42.9 Å². The highest BCUT2D eigenvalue weighted by atomic mass is 16.2. The van der Waals surface area contributed by atoms with Crippen molar-refractivity contribution in [2.45, 2.75) is 51.2 Å². The summed E-state index contributed by atoms with van der Waals surface area (Å²) in [6.07, 6.45) is 7.14. The van der Waals surface area contributed by atoms with E-state index in [1.54, 1.807) is 6.33 Å². The van der Waals surface area contributed by atoms with E-state index in [1.807, 2.05) is 29.0 Å². The first kappa shape index (κ1) is 19.1. The largest absolute Gasteiger partial charge is 0.351 e. The number of carbonyl (C=O) groups is 1. The molecular weight excluding hydrogens is 314 g/mol. The number of aromatic nitrogens is 2. The molecule has 1 amide bonds. The van der Waals surface area contributed by atoms with Gasteiger partial charge in [-0.05, 0) is 12.0 Å². The molecule has 6 nitrogen and oxygen atoms in total. The molecule has 0 saturated carbocycles. The van der Waals surface area contributed by atoms with Crippen LogP contribution in [0.5, 0.6) is 0 Å². The number of carbonyl (C=O) groups excluding carboxylic acids is 1. The summed E-state index contributed by atoms with van der Waals surface area (Å²) in [6, 6.07) is 9.55. The Morgan fingerprint density at radius 1 is 1.32 bits per heavy atom. The fourth-order valence-electron chi connectivity index (χ4n) is 2.72. The lowest BCUT2D eigenvalue weighted by Gasteiger charge is -2.19. The van der Waals surface area contributed by atoms with Crippen LogP contribution in [0.2, 0.25) is 0 Å². The van der Waals surface area contributed by atoms with Gasteiger partial charge in [0, 0.05) is 31.7 Å². The Labute approximate surface area is 149 Å². The maximum Gasteiger partial charge on any atom is 0.237 e. The van der Waals surface area contributed by atoms with Crippen LogP contribution in [-0.2, 0) is 17.8 Å². The fraction of sp³-hybridized carbons (Fsp3) is 0.474. The quantitative estimate of drug-likeness (QED) is 0.608. The highest BCUT2D eigenvalue weighted by molar-refractivity contribution is 5.82. The van der Waals surface area contributed by atoms with Crippen LogP contribution in [0.25, 0.3) is 0 Å². The van der Waals surface area contributed by atoms with Crippen molar-refractivity contribution in [2.75, 3.05) is 6.54 Å². The predicted molar refractivity (Wildman–Crippen MR) is 100.0 cm³/mol. The molecule has 2 rings (SSSR count). The van der Waals surface area contributed by atoms with E-state index in [9.17, 15) is 4.79 Å². The van der Waals surface area contributed by atoms with Gasteiger partial charge in [-0.3, -0.25) is 4.79 Å². The van der Waals surface area contributed by atoms with Crippen LogP contribution in [-0.4, -0.2) is 34.1 Å². The first-order valence-corrected chi connectivity index (χ1v) is 8.93. The van der Waals surface area contributed by atoms with E-state index < -0.39 is 6.04 Å². The maximum atomic E-state index is 12.3. The smallest absolute Gasteiger partial charge is 0.237 e. The molecule has 1 aromatic heterocycles. The Balaban J connectivity index is 1.85. The fourth-order valence-corrected chi connectivity index (χ4v) is 2.72. The summed E-state index contributed by atoms with van der Waals surface area (Å²) in [5.41, 5.74) is 13.8. The molecule has 0 aliphatic heterocycles. The van der Waals surface area contributed by atoms with Gasteiger partial charge in [0.2, 0.25) is 5.91 Å². The topological polar surface area (TPSA) is 99.0 Å². The molecule has 5 N–H and O–H groups in total. The van der Waals surface area contributed by atoms with Crippen molar-refractivity contribution in [2.24, 2.45) is 11.5 Å². The molecular formula is C19H29N5O. The third kappa shape index (κ3) is 6.32. The molecule has 2 aromatic rings. The number of nitrogens with two attached hydrogens (primary N) is 2. The summed E-state index contributed by atoms with van der Waals surface area (Å²) in [6.45, 7) is 3.30. The molecule has 0 spiro atoms. The van der Waals surface area contributed by atoms with Crippen LogP contribution in [0, 0.1) is 0 Å². The van der Waals surface area contributed by atoms with Gasteiger partial charge >= 0.3 is 0 Å². The third-order valence-corrected chi connectivity index (χ3v) is 4.20. The minimum absolute atomic E-state index is 0.00543. The van der Waals surface area contributed by atoms with Crippen LogP contribution >= 0.6 is 0 Å². The van der Waals surface area contributed by atoms with Crippen molar-refractivity contribution in [3.63, 3.8) is 0 Å². The highest BCUT2D eigenvalue weighted by Crippen LogP contribution is 2.06. The molecule has 136 valence electrons. The van der Waals surface area contributed by atoms with E-state index in [-0.39, 0.29) is 11.9 Å². The number of imidazole rings is 1. The Morgan fingerprint density at radius 3 is 2.76 bits per heavy atom. The number of nitrogens with one attached hydrogen (secondary N) is 1. The van der Waals surface area contributed by atoms with Crippen molar-refractivity contribution in [1.29, 1.82) is 0 Å². The second-order valence-corrected chi connectivity index (χ2v) is 6.42. The van der Waals surface area contributed by atoms with Crippen molar-refractivity contribution in [3.05, 3.63) is 54.1 Å². The Hall–Kier alpha value is -2.18. The van der Waals surface area contributed by atoms with Gasteiger partial charge in [-0.15, -0.1) is 0 Å². The van der Waals surface area contributed by atoms with E-state index in [1.165, 1.54) is 5.56 Å². The van der Waals surface area contributed by atoms with Crippen LogP contribution < -0.4 is 16.8 Å². The van der Waals surface area contributed by atoms with Crippen molar-refractivity contribution >= 4 is 5.91 Å². The zero-order chi connectivity index (χ0) is 18.1. The molecule has 1 aromatic carbocycles. The number of rotatable bonds is 10. The molecule has 0 aliphatic rings. The van der Waals surface area contributed by atoms with Crippen LogP contribution in [0.1, 0.15) is 37.4 Å². The summed E-state index contributed by atoms with van der Waals surface area (Å²) in [5, 5.41) is 2.94. The molecule has 0 fully saturated rings. The van der Waals surface area contributed by atoms with Gasteiger partial charge in [0.05, 0.1) is 18.1 Å². The van der Waals surface area contributed by atoms with E-state index in [0.717, 1.165) is 31.5 Å². The molecule has 1 unspecified atom stereocenters. The highest BCUT2D eigenvalue weighted by Gasteiger charge is 2.18. The van der Waals surface area contributed by atoms with E-state index in [0.29, 0.717) is 13.0 Å². The maximum absolute atomic E-state index is 12.3. The monoisotopic (exact) mass is 343 g/mol. The van der Waals surface area contributed by atoms with Crippen molar-refractivity contribution in [3.8, 4) is 0 Å². The SMILES string of the molecule is CCCCC(CN)NC(=O)[C@@H](N)Cc1cn(Cc2ccccc2)cn1. The van der Waals surface area contributed by atoms with E-state index >= 15 is 0 Å². The minimum Gasteiger partial charge on any atom is -0.351 e. The van der Waals surface area contributed by atoms with Gasteiger partial charge in [0.15, 0.2) is 0 Å². The summed E-state index contributed by atoms with van der Waals surface area (Å²) in [4.78, 5) is 16.6. The van der Waals surface area contributed by atoms with Gasteiger partial charge in [-0.25, -0.2) is 4.98 Å². The molecule has 25 heavy (non-hydrogen) atoms. The summed E-state index contributed by atoms with van der Waals surface area (Å²) in [7, 11) is 0. The van der Waals surface area contributed by atoms with Gasteiger partial charge in [0.1, 0.15) is 0 Å². The predicted octanol–water partition coefficient (Wildman–Crippen LogP) is 1.43. The normalized spacial score (nSPS) is 13.4. The molecule has 6 heteroatoms. The molecule has 1 heterocycles. The Kier molecular flexibility index (Phi) is 7.63. The standard InChI is InChI=1S/C19H29N5O/c1-2-3-9-16(11-20)23-19(25)18(21)10-17-13-24(14-22-17)12-15-7-5-4-6-8-15/h4-8,13-14,16,18H,2-3,9-12,20-21H2,1H3,(H,23,25)/t16?,18-/m0/s1. The number of nitrogens with zero attached hydrogens (tertiary/aromatic N) is 2. The molecule has 0 radical (unpaired) electrons. The third-order valence-electron chi connectivity index (χ3n) is 4.20. The van der Waals surface area contributed by atoms with Gasteiger partial charge < -0.3 is 21.4 Å². The molecule has 0 aliphatic carbocycles. The molecule has 2 atom stereocenters. The van der Waals surface area contributed by atoms with Gasteiger partial charge in [-0.1, -0.05) is 50.1 Å². The Morgan fingerprint density at radius 2 is 2.08 bits per heavy atom. The number of unbranched alkanes of at least 4 members (excludes halogenated alkanes) is 1. The summed E-state index contributed by atoms with van der Waals surface area (Å²) in [5.74, 6) is -0.163. The summed E-state index contributed by atoms with van der Waals surface area (Å²) < 4.78 is 2.00. The lowest BCUT2D eigenvalue weighted by Crippen LogP contribution is -2.48. The Bertz CT molecular complexity index is 640. The average Bonchev–Trinajstić information content (AvgIpc) is 3.06. The van der Waals surface area contributed by atoms with Crippen molar-refractivity contribution in [1.82, 2.24) is 14.9 Å². The van der Waals surface area contributed by atoms with Crippen LogP contribution in [0.3, 0.4) is 0 Å². The number of hydrogen-bond donors (Lipinski definition) is 3. The molecule has 0 bridgehead atoms. The first-order chi connectivity index (χ1) is 12.1. The first-order valence-electron chi connectivity index (χ1n) is 8.93. The molecule has 0 saturated heterocycles. The minimum atomic E-state index is -0.615. The van der Waals surface area contributed by atoms with Crippen LogP contribution in [0.4, 0.5) is 0 Å². The number of benzene rings is 1. The lowest BCUT2D eigenvalue weighted by molar-refractivity contribution is -0.123. The second-order valence-electron chi connectivity index (χ2n) is 6.42. The van der Waals surface area contributed by atoms with E-state index in [4.69, 9.17) is 11.5 Å². The zero-order valence-electron chi connectivity index (χ0n) is 14.9. The summed E-state index contributed by atoms with van der Waals surface area (Å²) >= 11 is 0. The second kappa shape index (κ2) is 9.96. The van der Waals surface area contributed by atoms with Gasteiger partial charge in [-0.2, -0.15) is 0 Å². The number of amides is 1.